The van der Waals surface area contributed by atoms with E-state index in [2.05, 4.69) is 45.1 Å². The minimum Gasteiger partial charge on any atom is -0.369 e. The van der Waals surface area contributed by atoms with E-state index in [1.54, 1.807) is 6.08 Å². The Morgan fingerprint density at radius 1 is 1.07 bits per heavy atom. The molecule has 0 saturated carbocycles. The average Bonchev–Trinajstić information content (AvgIpc) is 3.08. The number of benzene rings is 2. The number of carbonyl (C=O) groups is 1. The van der Waals surface area contributed by atoms with E-state index < -0.39 is 0 Å². The van der Waals surface area contributed by atoms with Gasteiger partial charge in [0.1, 0.15) is 12.1 Å². The van der Waals surface area contributed by atoms with Crippen LogP contribution in [0, 0.1) is 0 Å². The molecule has 1 heterocycles. The van der Waals surface area contributed by atoms with Crippen molar-refractivity contribution in [1.82, 2.24) is 14.9 Å². The Kier molecular flexibility index (Phi) is 8.31. The highest BCUT2D eigenvalue weighted by atomic mass is 35.5. The quantitative estimate of drug-likeness (QED) is 0.271. The van der Waals surface area contributed by atoms with Gasteiger partial charge in [0.05, 0.1) is 17.6 Å². The first-order valence-electron chi connectivity index (χ1n) is 9.90. The van der Waals surface area contributed by atoms with Gasteiger partial charge in [0.2, 0.25) is 0 Å². The van der Waals surface area contributed by atoms with Crippen molar-refractivity contribution in [2.75, 3.05) is 29.7 Å². The van der Waals surface area contributed by atoms with Gasteiger partial charge in [0, 0.05) is 44.1 Å². The van der Waals surface area contributed by atoms with Gasteiger partial charge in [-0.15, -0.1) is 23.2 Å². The van der Waals surface area contributed by atoms with Crippen molar-refractivity contribution in [3.8, 4) is 0 Å². The van der Waals surface area contributed by atoms with Gasteiger partial charge in [0.25, 0.3) is 0 Å². The summed E-state index contributed by atoms with van der Waals surface area (Å²) in [6.45, 7) is 2.92. The number of carbonyl (C=O) groups excluding carboxylic acids is 1. The third-order valence-electron chi connectivity index (χ3n) is 4.99. The Bertz CT molecular complexity index is 992. The van der Waals surface area contributed by atoms with Crippen LogP contribution in [0.25, 0.3) is 17.1 Å². The number of aldehydes is 1. The maximum Gasteiger partial charge on any atom is 0.142 e. The second-order valence-electron chi connectivity index (χ2n) is 6.97. The lowest BCUT2D eigenvalue weighted by molar-refractivity contribution is -0.104. The number of nitrogens with one attached hydrogen (secondary N) is 1. The molecule has 0 aliphatic heterocycles. The molecule has 30 heavy (non-hydrogen) atoms. The molecule has 0 aliphatic rings. The number of hydrogen-bond donors (Lipinski definition) is 1. The minimum atomic E-state index is 0.556. The van der Waals surface area contributed by atoms with Gasteiger partial charge in [-0.25, -0.2) is 4.98 Å². The van der Waals surface area contributed by atoms with E-state index in [0.29, 0.717) is 18.3 Å². The topological polar surface area (TPSA) is 50.2 Å². The molecular weight excluding hydrogens is 419 g/mol. The fourth-order valence-corrected chi connectivity index (χ4v) is 3.79. The predicted molar refractivity (Wildman–Crippen MR) is 126 cm³/mol. The van der Waals surface area contributed by atoms with Crippen LogP contribution in [0.3, 0.4) is 0 Å². The minimum absolute atomic E-state index is 0.556. The van der Waals surface area contributed by atoms with Crippen LogP contribution < -0.4 is 10.2 Å². The van der Waals surface area contributed by atoms with Gasteiger partial charge in [-0.1, -0.05) is 30.3 Å². The number of aromatic nitrogens is 2. The number of alkyl halides is 2. The maximum absolute atomic E-state index is 10.4. The molecule has 3 aromatic rings. The van der Waals surface area contributed by atoms with E-state index in [-0.39, 0.29) is 0 Å². The number of imidazole rings is 1. The number of hydrogen-bond acceptors (Lipinski definition) is 4. The summed E-state index contributed by atoms with van der Waals surface area (Å²) in [5, 5.41) is 3.46. The van der Waals surface area contributed by atoms with Crippen molar-refractivity contribution >= 4 is 52.3 Å². The second kappa shape index (κ2) is 11.2. The number of rotatable bonds is 11. The summed E-state index contributed by atoms with van der Waals surface area (Å²) >= 11 is 11.9. The molecule has 1 N–H and O–H groups in total. The SMILES string of the molecule is Cn1c(CNCc2ccc(C=CC=O)cc2)nc2cc(N(CCCl)CCCl)ccc21. The Labute approximate surface area is 187 Å². The van der Waals surface area contributed by atoms with Crippen LogP contribution >= 0.6 is 23.2 Å². The third-order valence-corrected chi connectivity index (χ3v) is 5.33. The molecule has 0 aliphatic carbocycles. The largest absolute Gasteiger partial charge is 0.369 e. The zero-order chi connectivity index (χ0) is 21.3. The molecule has 0 radical (unpaired) electrons. The van der Waals surface area contributed by atoms with E-state index in [1.165, 1.54) is 11.6 Å². The molecule has 3 rings (SSSR count). The molecule has 0 fully saturated rings. The fourth-order valence-electron chi connectivity index (χ4n) is 3.38. The Balaban J connectivity index is 1.66. The highest BCUT2D eigenvalue weighted by Crippen LogP contribution is 2.23. The number of halogens is 2. The van der Waals surface area contributed by atoms with Crippen LogP contribution in [0.1, 0.15) is 17.0 Å². The standard InChI is InChI=1S/C23H26Cl2N4O/c1-28-22-9-8-20(29(12-10-24)13-11-25)15-21(22)27-23(28)17-26-16-19-6-4-18(5-7-19)3-2-14-30/h2-9,14-15,26H,10-13,16-17H2,1H3. The van der Waals surface area contributed by atoms with Crippen molar-refractivity contribution in [1.29, 1.82) is 0 Å². The smallest absolute Gasteiger partial charge is 0.142 e. The second-order valence-corrected chi connectivity index (χ2v) is 7.72. The lowest BCUT2D eigenvalue weighted by Gasteiger charge is -2.22. The normalized spacial score (nSPS) is 11.4. The molecule has 7 heteroatoms. The van der Waals surface area contributed by atoms with Gasteiger partial charge >= 0.3 is 0 Å². The summed E-state index contributed by atoms with van der Waals surface area (Å²) < 4.78 is 2.12. The number of allylic oxidation sites excluding steroid dienone is 1. The summed E-state index contributed by atoms with van der Waals surface area (Å²) in [5.41, 5.74) is 5.34. The molecule has 0 amide bonds. The first kappa shape index (κ1) is 22.3. The van der Waals surface area contributed by atoms with Crippen LogP contribution in [0.15, 0.2) is 48.5 Å². The molecule has 0 atom stereocenters. The zero-order valence-electron chi connectivity index (χ0n) is 17.0. The van der Waals surface area contributed by atoms with Crippen LogP contribution in [-0.4, -0.2) is 40.7 Å². The maximum atomic E-state index is 10.4. The van der Waals surface area contributed by atoms with Crippen molar-refractivity contribution < 1.29 is 4.79 Å². The van der Waals surface area contributed by atoms with Crippen molar-refractivity contribution in [2.24, 2.45) is 7.05 Å². The lowest BCUT2D eigenvalue weighted by atomic mass is 10.1. The molecule has 2 aromatic carbocycles. The number of anilines is 1. The highest BCUT2D eigenvalue weighted by Gasteiger charge is 2.11. The van der Waals surface area contributed by atoms with Gasteiger partial charge < -0.3 is 14.8 Å². The summed E-state index contributed by atoms with van der Waals surface area (Å²) in [5.74, 6) is 2.09. The van der Waals surface area contributed by atoms with Gasteiger partial charge in [0.15, 0.2) is 0 Å². The number of aryl methyl sites for hydroxylation is 1. The van der Waals surface area contributed by atoms with Gasteiger partial charge in [-0.2, -0.15) is 0 Å². The van der Waals surface area contributed by atoms with Gasteiger partial charge in [-0.3, -0.25) is 4.79 Å². The molecular formula is C23H26Cl2N4O. The molecule has 0 bridgehead atoms. The first-order valence-corrected chi connectivity index (χ1v) is 11.0. The zero-order valence-corrected chi connectivity index (χ0v) is 18.5. The summed E-state index contributed by atoms with van der Waals surface area (Å²) in [6.07, 6.45) is 4.07. The lowest BCUT2D eigenvalue weighted by Crippen LogP contribution is -2.27. The third kappa shape index (κ3) is 5.63. The fraction of sp³-hybridized carbons (Fsp3) is 0.304. The molecule has 0 spiro atoms. The van der Waals surface area contributed by atoms with Crippen molar-refractivity contribution in [3.05, 3.63) is 65.5 Å². The van der Waals surface area contributed by atoms with Crippen LogP contribution in [0.5, 0.6) is 0 Å². The molecule has 158 valence electrons. The molecule has 0 saturated heterocycles. The first-order chi connectivity index (χ1) is 14.7. The Morgan fingerprint density at radius 3 is 2.47 bits per heavy atom. The van der Waals surface area contributed by atoms with E-state index in [0.717, 1.165) is 54.0 Å². The van der Waals surface area contributed by atoms with Crippen LogP contribution in [0.2, 0.25) is 0 Å². The van der Waals surface area contributed by atoms with Crippen molar-refractivity contribution in [3.63, 3.8) is 0 Å². The molecule has 1 aromatic heterocycles. The van der Waals surface area contributed by atoms with Crippen LogP contribution in [-0.2, 0) is 24.9 Å². The Morgan fingerprint density at radius 2 is 1.80 bits per heavy atom. The Hall–Kier alpha value is -2.34. The van der Waals surface area contributed by atoms with E-state index in [1.807, 2.05) is 19.2 Å². The summed E-state index contributed by atoms with van der Waals surface area (Å²) in [6, 6.07) is 14.4. The monoisotopic (exact) mass is 444 g/mol. The molecule has 5 nitrogen and oxygen atoms in total. The summed E-state index contributed by atoms with van der Waals surface area (Å²) in [4.78, 5) is 17.4. The number of nitrogens with zero attached hydrogens (tertiary/aromatic N) is 3. The predicted octanol–water partition coefficient (Wildman–Crippen LogP) is 4.36. The average molecular weight is 445 g/mol. The van der Waals surface area contributed by atoms with E-state index in [4.69, 9.17) is 28.2 Å². The molecule has 0 unspecified atom stereocenters. The van der Waals surface area contributed by atoms with E-state index in [9.17, 15) is 4.79 Å². The van der Waals surface area contributed by atoms with Crippen molar-refractivity contribution in [2.45, 2.75) is 13.1 Å². The van der Waals surface area contributed by atoms with E-state index >= 15 is 0 Å². The highest BCUT2D eigenvalue weighted by molar-refractivity contribution is 6.18. The van der Waals surface area contributed by atoms with Crippen LogP contribution in [0.4, 0.5) is 5.69 Å². The number of fused-ring (bicyclic) bond motifs is 1. The van der Waals surface area contributed by atoms with Gasteiger partial charge in [-0.05, 0) is 35.4 Å². The summed E-state index contributed by atoms with van der Waals surface area (Å²) in [7, 11) is 2.04.